The molecule has 1 atom stereocenters. The molecular formula is C14H17N3O3. The fourth-order valence-electron chi connectivity index (χ4n) is 2.85. The minimum Gasteiger partial charge on any atom is -0.439 e. The lowest BCUT2D eigenvalue weighted by molar-refractivity contribution is -0.130. The van der Waals surface area contributed by atoms with Crippen molar-refractivity contribution in [3.63, 3.8) is 0 Å². The Kier molecular flexibility index (Phi) is 3.08. The summed E-state index contributed by atoms with van der Waals surface area (Å²) in [5.41, 5.74) is 0.450. The van der Waals surface area contributed by atoms with Crippen molar-refractivity contribution in [2.75, 3.05) is 26.7 Å². The Labute approximate surface area is 117 Å². The fraction of sp³-hybridized carbons (Fsp3) is 0.500. The summed E-state index contributed by atoms with van der Waals surface area (Å²) in [5.74, 6) is 0.0682. The van der Waals surface area contributed by atoms with Gasteiger partial charge in [0.2, 0.25) is 5.91 Å². The first-order valence-electron chi connectivity index (χ1n) is 6.69. The number of rotatable bonds is 2. The van der Waals surface area contributed by atoms with Crippen molar-refractivity contribution in [2.45, 2.75) is 18.4 Å². The number of ether oxygens (including phenoxy) is 1. The normalized spacial score (nSPS) is 25.4. The molecule has 6 nitrogen and oxygen atoms in total. The second kappa shape index (κ2) is 4.77. The van der Waals surface area contributed by atoms with Crippen molar-refractivity contribution in [1.29, 1.82) is 0 Å². The number of nitrogens with zero attached hydrogens (tertiary/aromatic N) is 3. The third kappa shape index (κ3) is 2.33. The Morgan fingerprint density at radius 1 is 1.40 bits per heavy atom. The summed E-state index contributed by atoms with van der Waals surface area (Å²) < 4.78 is 5.44. The van der Waals surface area contributed by atoms with Gasteiger partial charge in [-0.25, -0.2) is 4.79 Å². The Bertz CT molecular complexity index is 534. The molecule has 2 saturated heterocycles. The molecule has 0 saturated carbocycles. The zero-order valence-corrected chi connectivity index (χ0v) is 11.4. The molecule has 106 valence electrons. The monoisotopic (exact) mass is 275 g/mol. The second-order valence-electron chi connectivity index (χ2n) is 5.50. The molecule has 0 N–H and O–H groups in total. The van der Waals surface area contributed by atoms with E-state index in [0.717, 1.165) is 5.56 Å². The molecule has 0 aromatic carbocycles. The standard InChI is InChI=1S/C14H17N3O3/c1-16-9-14(20-13(16)19)4-7-17(10-14)12(18)8-11-2-5-15-6-3-11/h2-3,5-6H,4,7-10H2,1H3/t14-/m1/s1. The predicted molar refractivity (Wildman–Crippen MR) is 71.0 cm³/mol. The van der Waals surface area contributed by atoms with E-state index in [1.807, 2.05) is 12.1 Å². The van der Waals surface area contributed by atoms with Gasteiger partial charge in [0, 0.05) is 32.4 Å². The van der Waals surface area contributed by atoms with Crippen molar-refractivity contribution in [3.8, 4) is 0 Å². The van der Waals surface area contributed by atoms with Crippen LogP contribution in [0.3, 0.4) is 0 Å². The highest BCUT2D eigenvalue weighted by Gasteiger charge is 2.49. The maximum absolute atomic E-state index is 12.3. The van der Waals surface area contributed by atoms with Gasteiger partial charge in [0.05, 0.1) is 19.5 Å². The highest BCUT2D eigenvalue weighted by molar-refractivity contribution is 5.79. The van der Waals surface area contributed by atoms with Gasteiger partial charge in [0.25, 0.3) is 0 Å². The first kappa shape index (κ1) is 12.9. The molecule has 6 heteroatoms. The highest BCUT2D eigenvalue weighted by atomic mass is 16.6. The number of carbonyl (C=O) groups is 2. The van der Waals surface area contributed by atoms with Crippen LogP contribution in [0.2, 0.25) is 0 Å². The van der Waals surface area contributed by atoms with Gasteiger partial charge < -0.3 is 14.5 Å². The number of likely N-dealkylation sites (tertiary alicyclic amines) is 1. The molecule has 20 heavy (non-hydrogen) atoms. The van der Waals surface area contributed by atoms with E-state index in [2.05, 4.69) is 4.98 Å². The van der Waals surface area contributed by atoms with Crippen LogP contribution < -0.4 is 0 Å². The molecule has 0 unspecified atom stereocenters. The Balaban J connectivity index is 1.63. The van der Waals surface area contributed by atoms with Gasteiger partial charge in [-0.15, -0.1) is 0 Å². The molecule has 0 radical (unpaired) electrons. The van der Waals surface area contributed by atoms with E-state index >= 15 is 0 Å². The Morgan fingerprint density at radius 3 is 2.80 bits per heavy atom. The minimum atomic E-state index is -0.500. The van der Waals surface area contributed by atoms with Crippen LogP contribution in [0.4, 0.5) is 4.79 Å². The third-order valence-corrected chi connectivity index (χ3v) is 3.91. The second-order valence-corrected chi connectivity index (χ2v) is 5.50. The summed E-state index contributed by atoms with van der Waals surface area (Å²) in [5, 5.41) is 0. The van der Waals surface area contributed by atoms with Crippen molar-refractivity contribution in [3.05, 3.63) is 30.1 Å². The van der Waals surface area contributed by atoms with Crippen LogP contribution in [0.15, 0.2) is 24.5 Å². The van der Waals surface area contributed by atoms with Crippen LogP contribution in [-0.2, 0) is 16.0 Å². The SMILES string of the molecule is CN1C[C@@]2(CCN(C(=O)Cc3ccncc3)C2)OC1=O. The summed E-state index contributed by atoms with van der Waals surface area (Å²) in [4.78, 5) is 31.1. The van der Waals surface area contributed by atoms with Gasteiger partial charge in [-0.05, 0) is 17.7 Å². The van der Waals surface area contributed by atoms with E-state index in [9.17, 15) is 9.59 Å². The average molecular weight is 275 g/mol. The molecule has 2 fully saturated rings. The van der Waals surface area contributed by atoms with Gasteiger partial charge in [-0.1, -0.05) is 0 Å². The predicted octanol–water partition coefficient (Wildman–Crippen LogP) is 0.677. The lowest BCUT2D eigenvalue weighted by Crippen LogP contribution is -2.39. The number of carbonyl (C=O) groups excluding carboxylic acids is 2. The van der Waals surface area contributed by atoms with Crippen molar-refractivity contribution >= 4 is 12.0 Å². The average Bonchev–Trinajstić information content (AvgIpc) is 2.95. The first-order valence-corrected chi connectivity index (χ1v) is 6.69. The first-order chi connectivity index (χ1) is 9.58. The topological polar surface area (TPSA) is 62.7 Å². The molecule has 0 bridgehead atoms. The molecule has 2 aliphatic rings. The number of hydrogen-bond acceptors (Lipinski definition) is 4. The largest absolute Gasteiger partial charge is 0.439 e. The quantitative estimate of drug-likeness (QED) is 0.796. The van der Waals surface area contributed by atoms with E-state index in [4.69, 9.17) is 4.74 Å². The summed E-state index contributed by atoms with van der Waals surface area (Å²) in [6, 6.07) is 3.68. The van der Waals surface area contributed by atoms with Crippen LogP contribution in [-0.4, -0.2) is 59.1 Å². The van der Waals surface area contributed by atoms with Crippen LogP contribution in [0, 0.1) is 0 Å². The van der Waals surface area contributed by atoms with Crippen LogP contribution in [0.5, 0.6) is 0 Å². The molecule has 1 spiro atoms. The van der Waals surface area contributed by atoms with Gasteiger partial charge in [0.1, 0.15) is 0 Å². The van der Waals surface area contributed by atoms with Crippen molar-refractivity contribution in [1.82, 2.24) is 14.8 Å². The molecule has 3 rings (SSSR count). The number of amides is 2. The van der Waals surface area contributed by atoms with Crippen LogP contribution in [0.1, 0.15) is 12.0 Å². The fourth-order valence-corrected chi connectivity index (χ4v) is 2.85. The van der Waals surface area contributed by atoms with Crippen molar-refractivity contribution < 1.29 is 14.3 Å². The van der Waals surface area contributed by atoms with Gasteiger partial charge >= 0.3 is 6.09 Å². The third-order valence-electron chi connectivity index (χ3n) is 3.91. The van der Waals surface area contributed by atoms with Crippen LogP contribution >= 0.6 is 0 Å². The smallest absolute Gasteiger partial charge is 0.410 e. The van der Waals surface area contributed by atoms with E-state index in [1.165, 1.54) is 0 Å². The maximum atomic E-state index is 12.3. The number of likely N-dealkylation sites (N-methyl/N-ethyl adjacent to an activating group) is 1. The van der Waals surface area contributed by atoms with Gasteiger partial charge in [-0.3, -0.25) is 9.78 Å². The number of hydrogen-bond donors (Lipinski definition) is 0. The van der Waals surface area contributed by atoms with E-state index in [0.29, 0.717) is 32.5 Å². The van der Waals surface area contributed by atoms with E-state index < -0.39 is 5.60 Å². The van der Waals surface area contributed by atoms with Crippen molar-refractivity contribution in [2.24, 2.45) is 0 Å². The number of pyridine rings is 1. The molecular weight excluding hydrogens is 258 g/mol. The maximum Gasteiger partial charge on any atom is 0.410 e. The minimum absolute atomic E-state index is 0.0682. The molecule has 3 heterocycles. The Morgan fingerprint density at radius 2 is 2.15 bits per heavy atom. The molecule has 2 aliphatic heterocycles. The van der Waals surface area contributed by atoms with Gasteiger partial charge in [-0.2, -0.15) is 0 Å². The molecule has 2 amide bonds. The highest BCUT2D eigenvalue weighted by Crippen LogP contribution is 2.31. The van der Waals surface area contributed by atoms with E-state index in [-0.39, 0.29) is 12.0 Å². The summed E-state index contributed by atoms with van der Waals surface area (Å²) in [7, 11) is 1.72. The summed E-state index contributed by atoms with van der Waals surface area (Å²) >= 11 is 0. The zero-order chi connectivity index (χ0) is 14.2. The zero-order valence-electron chi connectivity index (χ0n) is 11.4. The molecule has 1 aromatic heterocycles. The lowest BCUT2D eigenvalue weighted by Gasteiger charge is -2.21. The molecule has 0 aliphatic carbocycles. The molecule has 1 aromatic rings. The van der Waals surface area contributed by atoms with E-state index in [1.54, 1.807) is 29.2 Å². The van der Waals surface area contributed by atoms with Gasteiger partial charge in [0.15, 0.2) is 5.60 Å². The summed E-state index contributed by atoms with van der Waals surface area (Å²) in [6.45, 7) is 1.70. The lowest BCUT2D eigenvalue weighted by atomic mass is 10.0. The Hall–Kier alpha value is -2.11. The summed E-state index contributed by atoms with van der Waals surface area (Å²) in [6.07, 6.45) is 4.14. The number of aromatic nitrogens is 1. The van der Waals surface area contributed by atoms with Crippen LogP contribution in [0.25, 0.3) is 0 Å².